The summed E-state index contributed by atoms with van der Waals surface area (Å²) in [4.78, 5) is 27.4. The highest BCUT2D eigenvalue weighted by molar-refractivity contribution is 6.46. The van der Waals surface area contributed by atoms with Crippen molar-refractivity contribution in [1.82, 2.24) is 5.32 Å². The van der Waals surface area contributed by atoms with Gasteiger partial charge in [-0.15, -0.1) is 0 Å². The Morgan fingerprint density at radius 2 is 2.13 bits per heavy atom. The van der Waals surface area contributed by atoms with Crippen molar-refractivity contribution in [3.8, 4) is 5.75 Å². The van der Waals surface area contributed by atoms with Gasteiger partial charge in [-0.2, -0.15) is 0 Å². The second-order valence-electron chi connectivity index (χ2n) is 5.67. The summed E-state index contributed by atoms with van der Waals surface area (Å²) in [5, 5.41) is 2.50. The molecule has 5 N–H and O–H groups in total. The normalized spacial score (nSPS) is 15.8. The number of carbonyl (C=O) groups is 2. The summed E-state index contributed by atoms with van der Waals surface area (Å²) >= 11 is 0. The van der Waals surface area contributed by atoms with Crippen LogP contribution < -0.4 is 21.5 Å². The highest BCUT2D eigenvalue weighted by atomic mass is 16.5. The SMILES string of the molecule is CN=C(C(=O)NC(C)C(N)=O)c1cc(OCC2CC2)ccc1N. The molecule has 0 aliphatic heterocycles. The molecule has 0 heterocycles. The number of amides is 2. The Bertz CT molecular complexity index is 638. The Kier molecular flexibility index (Phi) is 5.20. The fourth-order valence-corrected chi connectivity index (χ4v) is 2.01. The summed E-state index contributed by atoms with van der Waals surface area (Å²) < 4.78 is 5.70. The van der Waals surface area contributed by atoms with Crippen molar-refractivity contribution in [3.05, 3.63) is 23.8 Å². The zero-order valence-electron chi connectivity index (χ0n) is 13.3. The number of benzene rings is 1. The molecule has 0 bridgehead atoms. The number of hydrogen-bond acceptors (Lipinski definition) is 5. The van der Waals surface area contributed by atoms with Gasteiger partial charge in [0.05, 0.1) is 6.61 Å². The van der Waals surface area contributed by atoms with Crippen LogP contribution in [-0.4, -0.2) is 37.2 Å². The Balaban J connectivity index is 2.16. The molecule has 1 aromatic rings. The summed E-state index contributed by atoms with van der Waals surface area (Å²) in [6.07, 6.45) is 2.38. The van der Waals surface area contributed by atoms with Crippen LogP contribution in [0.3, 0.4) is 0 Å². The fourth-order valence-electron chi connectivity index (χ4n) is 2.01. The molecular weight excluding hydrogens is 296 g/mol. The van der Waals surface area contributed by atoms with Crippen molar-refractivity contribution in [2.24, 2.45) is 16.6 Å². The van der Waals surface area contributed by atoms with E-state index in [1.807, 2.05) is 0 Å². The van der Waals surface area contributed by atoms with E-state index in [1.165, 1.54) is 26.8 Å². The van der Waals surface area contributed by atoms with E-state index < -0.39 is 17.9 Å². The van der Waals surface area contributed by atoms with Gasteiger partial charge in [-0.1, -0.05) is 0 Å². The molecule has 124 valence electrons. The molecule has 7 heteroatoms. The van der Waals surface area contributed by atoms with Crippen LogP contribution in [0.1, 0.15) is 25.3 Å². The minimum atomic E-state index is -0.797. The van der Waals surface area contributed by atoms with E-state index in [-0.39, 0.29) is 5.71 Å². The van der Waals surface area contributed by atoms with Gasteiger partial charge in [0.25, 0.3) is 5.91 Å². The number of nitrogen functional groups attached to an aromatic ring is 1. The Morgan fingerprint density at radius 3 is 2.70 bits per heavy atom. The summed E-state index contributed by atoms with van der Waals surface area (Å²) in [7, 11) is 1.49. The molecule has 2 amide bonds. The number of nitrogens with two attached hydrogens (primary N) is 2. The lowest BCUT2D eigenvalue weighted by molar-refractivity contribution is -0.123. The first-order chi connectivity index (χ1) is 10.9. The van der Waals surface area contributed by atoms with E-state index in [9.17, 15) is 9.59 Å². The minimum absolute atomic E-state index is 0.132. The first kappa shape index (κ1) is 16.8. The maximum Gasteiger partial charge on any atom is 0.270 e. The van der Waals surface area contributed by atoms with E-state index in [0.29, 0.717) is 29.5 Å². The number of rotatable bonds is 7. The molecule has 1 atom stereocenters. The first-order valence-electron chi connectivity index (χ1n) is 7.52. The van der Waals surface area contributed by atoms with Gasteiger partial charge in [0.15, 0.2) is 0 Å². The van der Waals surface area contributed by atoms with E-state index in [4.69, 9.17) is 16.2 Å². The molecule has 1 saturated carbocycles. The van der Waals surface area contributed by atoms with Gasteiger partial charge in [-0.05, 0) is 43.9 Å². The molecule has 0 aromatic heterocycles. The predicted molar refractivity (Wildman–Crippen MR) is 88.3 cm³/mol. The van der Waals surface area contributed by atoms with E-state index >= 15 is 0 Å². The summed E-state index contributed by atoms with van der Waals surface area (Å²) in [5.41, 5.74) is 12.1. The van der Waals surface area contributed by atoms with Crippen molar-refractivity contribution in [3.63, 3.8) is 0 Å². The molecule has 7 nitrogen and oxygen atoms in total. The zero-order valence-corrected chi connectivity index (χ0v) is 13.3. The Morgan fingerprint density at radius 1 is 1.43 bits per heavy atom. The molecule has 1 fully saturated rings. The summed E-state index contributed by atoms with van der Waals surface area (Å²) in [6, 6.07) is 4.33. The lowest BCUT2D eigenvalue weighted by Gasteiger charge is -2.14. The summed E-state index contributed by atoms with van der Waals surface area (Å²) in [6.45, 7) is 2.17. The Labute approximate surface area is 135 Å². The van der Waals surface area contributed by atoms with Gasteiger partial charge >= 0.3 is 0 Å². The quantitative estimate of drug-likeness (QED) is 0.500. The van der Waals surface area contributed by atoms with Crippen molar-refractivity contribution in [2.45, 2.75) is 25.8 Å². The average molecular weight is 318 g/mol. The third-order valence-corrected chi connectivity index (χ3v) is 3.68. The molecule has 1 aliphatic carbocycles. The molecule has 1 unspecified atom stereocenters. The molecule has 0 spiro atoms. The molecule has 1 aliphatic rings. The molecule has 2 rings (SSSR count). The lowest BCUT2D eigenvalue weighted by Crippen LogP contribution is -2.45. The first-order valence-corrected chi connectivity index (χ1v) is 7.52. The van der Waals surface area contributed by atoms with Crippen LogP contribution in [0.25, 0.3) is 0 Å². The van der Waals surface area contributed by atoms with Gasteiger partial charge < -0.3 is 21.5 Å². The van der Waals surface area contributed by atoms with Crippen molar-refractivity contribution in [2.75, 3.05) is 19.4 Å². The van der Waals surface area contributed by atoms with Crippen molar-refractivity contribution >= 4 is 23.2 Å². The molecular formula is C16H22N4O3. The lowest BCUT2D eigenvalue weighted by atomic mass is 10.1. The van der Waals surface area contributed by atoms with Gasteiger partial charge in [0, 0.05) is 18.3 Å². The zero-order chi connectivity index (χ0) is 17.0. The molecule has 0 saturated heterocycles. The molecule has 23 heavy (non-hydrogen) atoms. The number of hydrogen-bond donors (Lipinski definition) is 3. The minimum Gasteiger partial charge on any atom is -0.493 e. The standard InChI is InChI=1S/C16H22N4O3/c1-9(15(18)21)20-16(22)14(19-2)12-7-11(5-6-13(12)17)23-8-10-3-4-10/h5-7,9-10H,3-4,8,17H2,1-2H3,(H2,18,21)(H,20,22). The van der Waals surface area contributed by atoms with Gasteiger partial charge in [0.1, 0.15) is 17.5 Å². The molecule has 0 radical (unpaired) electrons. The second kappa shape index (κ2) is 7.13. The molecule has 1 aromatic carbocycles. The maximum absolute atomic E-state index is 12.3. The van der Waals surface area contributed by atoms with Crippen LogP contribution >= 0.6 is 0 Å². The highest BCUT2D eigenvalue weighted by Gasteiger charge is 2.23. The van der Waals surface area contributed by atoms with Crippen molar-refractivity contribution in [1.29, 1.82) is 0 Å². The number of anilines is 1. The maximum atomic E-state index is 12.3. The third-order valence-electron chi connectivity index (χ3n) is 3.68. The van der Waals surface area contributed by atoms with Crippen molar-refractivity contribution < 1.29 is 14.3 Å². The summed E-state index contributed by atoms with van der Waals surface area (Å²) in [5.74, 6) is 0.126. The highest BCUT2D eigenvalue weighted by Crippen LogP contribution is 2.30. The van der Waals surface area contributed by atoms with Crippen LogP contribution in [0.15, 0.2) is 23.2 Å². The van der Waals surface area contributed by atoms with Gasteiger partial charge in [0.2, 0.25) is 5.91 Å². The number of ether oxygens (including phenoxy) is 1. The average Bonchev–Trinajstić information content (AvgIpc) is 3.32. The van der Waals surface area contributed by atoms with E-state index in [2.05, 4.69) is 10.3 Å². The van der Waals surface area contributed by atoms with Crippen LogP contribution in [0.2, 0.25) is 0 Å². The predicted octanol–water partition coefficient (Wildman–Crippen LogP) is 0.467. The topological polar surface area (TPSA) is 120 Å². The van der Waals surface area contributed by atoms with E-state index in [0.717, 1.165) is 0 Å². The fraction of sp³-hybridized carbons (Fsp3) is 0.438. The smallest absolute Gasteiger partial charge is 0.270 e. The number of primary amides is 1. The van der Waals surface area contributed by atoms with Gasteiger partial charge in [-0.3, -0.25) is 14.6 Å². The monoisotopic (exact) mass is 318 g/mol. The number of aliphatic imine (C=N–C) groups is 1. The van der Waals surface area contributed by atoms with Crippen LogP contribution in [0, 0.1) is 5.92 Å². The third kappa shape index (κ3) is 4.45. The number of carbonyl (C=O) groups excluding carboxylic acids is 2. The van der Waals surface area contributed by atoms with Crippen LogP contribution in [0.4, 0.5) is 5.69 Å². The number of nitrogens with zero attached hydrogens (tertiary/aromatic N) is 1. The Hall–Kier alpha value is -2.57. The largest absolute Gasteiger partial charge is 0.493 e. The van der Waals surface area contributed by atoms with Gasteiger partial charge in [-0.25, -0.2) is 0 Å². The van der Waals surface area contributed by atoms with E-state index in [1.54, 1.807) is 18.2 Å². The number of nitrogens with one attached hydrogen (secondary N) is 1. The second-order valence-corrected chi connectivity index (χ2v) is 5.67. The van der Waals surface area contributed by atoms with Crippen LogP contribution in [0.5, 0.6) is 5.75 Å². The van der Waals surface area contributed by atoms with Crippen LogP contribution in [-0.2, 0) is 9.59 Å².